The van der Waals surface area contributed by atoms with Crippen LogP contribution in [0.2, 0.25) is 0 Å². The van der Waals surface area contributed by atoms with Crippen molar-refractivity contribution in [1.29, 1.82) is 0 Å². The smallest absolute Gasteiger partial charge is 0.282 e. The molecule has 0 spiro atoms. The van der Waals surface area contributed by atoms with E-state index in [1.165, 1.54) is 0 Å². The third kappa shape index (κ3) is 2.87. The summed E-state index contributed by atoms with van der Waals surface area (Å²) in [4.78, 5) is 0. The zero-order valence-electron chi connectivity index (χ0n) is 11.4. The molecule has 0 aromatic carbocycles. The van der Waals surface area contributed by atoms with Gasteiger partial charge < -0.3 is 5.32 Å². The number of likely N-dealkylation sites (N-methyl/N-ethyl adjacent to an activating group) is 1. The van der Waals surface area contributed by atoms with Gasteiger partial charge in [-0.2, -0.15) is 17.0 Å². The summed E-state index contributed by atoms with van der Waals surface area (Å²) in [5.41, 5.74) is 0. The van der Waals surface area contributed by atoms with E-state index < -0.39 is 10.2 Å². The zero-order valence-corrected chi connectivity index (χ0v) is 12.2. The van der Waals surface area contributed by atoms with Gasteiger partial charge in [-0.1, -0.05) is 6.92 Å². The van der Waals surface area contributed by atoms with E-state index in [4.69, 9.17) is 0 Å². The van der Waals surface area contributed by atoms with Crippen LogP contribution in [0.1, 0.15) is 32.6 Å². The molecule has 0 aliphatic carbocycles. The molecule has 2 heterocycles. The maximum Gasteiger partial charge on any atom is 0.282 e. The third-order valence-electron chi connectivity index (χ3n) is 4.13. The lowest BCUT2D eigenvalue weighted by molar-refractivity contribution is 0.259. The molecule has 2 saturated heterocycles. The third-order valence-corrected chi connectivity index (χ3v) is 6.22. The van der Waals surface area contributed by atoms with E-state index >= 15 is 0 Å². The molecule has 0 aromatic rings. The highest BCUT2D eigenvalue weighted by atomic mass is 32.2. The van der Waals surface area contributed by atoms with Crippen LogP contribution in [0.25, 0.3) is 0 Å². The summed E-state index contributed by atoms with van der Waals surface area (Å²) < 4.78 is 28.6. The first kappa shape index (κ1) is 14.2. The van der Waals surface area contributed by atoms with Crippen molar-refractivity contribution in [3.05, 3.63) is 0 Å². The Kier molecular flexibility index (Phi) is 4.64. The minimum Gasteiger partial charge on any atom is -0.318 e. The summed E-state index contributed by atoms with van der Waals surface area (Å²) in [7, 11) is -1.35. The van der Waals surface area contributed by atoms with Crippen molar-refractivity contribution in [2.45, 2.75) is 38.6 Å². The van der Waals surface area contributed by atoms with Crippen molar-refractivity contribution in [3.63, 3.8) is 0 Å². The van der Waals surface area contributed by atoms with Crippen LogP contribution in [0.4, 0.5) is 0 Å². The molecule has 106 valence electrons. The van der Waals surface area contributed by atoms with Gasteiger partial charge in [-0.05, 0) is 38.6 Å². The second-order valence-corrected chi connectivity index (χ2v) is 7.43. The Bertz CT molecular complexity index is 364. The maximum atomic E-state index is 12.6. The fourth-order valence-electron chi connectivity index (χ4n) is 2.92. The predicted octanol–water partition coefficient (Wildman–Crippen LogP) is 0.647. The summed E-state index contributed by atoms with van der Waals surface area (Å²) in [6.07, 6.45) is 3.94. The van der Waals surface area contributed by atoms with E-state index in [9.17, 15) is 8.42 Å². The Labute approximate surface area is 111 Å². The molecule has 5 nitrogen and oxygen atoms in total. The Morgan fingerprint density at radius 2 is 1.83 bits per heavy atom. The topological polar surface area (TPSA) is 52.7 Å². The monoisotopic (exact) mass is 275 g/mol. The van der Waals surface area contributed by atoms with Gasteiger partial charge in [0.2, 0.25) is 0 Å². The predicted molar refractivity (Wildman–Crippen MR) is 72.5 cm³/mol. The van der Waals surface area contributed by atoms with Crippen molar-refractivity contribution in [3.8, 4) is 0 Å². The van der Waals surface area contributed by atoms with E-state index in [-0.39, 0.29) is 6.04 Å². The number of hydrogen-bond donors (Lipinski definition) is 1. The van der Waals surface area contributed by atoms with Crippen LogP contribution < -0.4 is 5.32 Å². The average molecular weight is 275 g/mol. The molecule has 2 fully saturated rings. The van der Waals surface area contributed by atoms with E-state index in [1.807, 2.05) is 7.05 Å². The number of nitrogens with one attached hydrogen (secondary N) is 1. The van der Waals surface area contributed by atoms with Crippen molar-refractivity contribution in [2.24, 2.45) is 5.92 Å². The number of hydrogen-bond acceptors (Lipinski definition) is 3. The number of rotatable bonds is 4. The molecule has 2 aliphatic heterocycles. The number of nitrogens with zero attached hydrogens (tertiary/aromatic N) is 2. The van der Waals surface area contributed by atoms with Gasteiger partial charge in [-0.3, -0.25) is 0 Å². The first-order chi connectivity index (χ1) is 8.55. The van der Waals surface area contributed by atoms with Gasteiger partial charge in [0.1, 0.15) is 0 Å². The van der Waals surface area contributed by atoms with Crippen LogP contribution in [0, 0.1) is 5.92 Å². The first-order valence-corrected chi connectivity index (χ1v) is 8.37. The molecule has 0 bridgehead atoms. The van der Waals surface area contributed by atoms with Crippen molar-refractivity contribution >= 4 is 10.2 Å². The normalized spacial score (nSPS) is 28.9. The fraction of sp³-hybridized carbons (Fsp3) is 1.00. The summed E-state index contributed by atoms with van der Waals surface area (Å²) in [6, 6.07) is 0.138. The van der Waals surface area contributed by atoms with Gasteiger partial charge >= 0.3 is 0 Å². The molecular weight excluding hydrogens is 250 g/mol. The van der Waals surface area contributed by atoms with Crippen molar-refractivity contribution < 1.29 is 8.42 Å². The van der Waals surface area contributed by atoms with Gasteiger partial charge in [0.05, 0.1) is 0 Å². The Morgan fingerprint density at radius 3 is 2.44 bits per heavy atom. The van der Waals surface area contributed by atoms with Crippen molar-refractivity contribution in [1.82, 2.24) is 13.9 Å². The molecule has 0 radical (unpaired) electrons. The van der Waals surface area contributed by atoms with Gasteiger partial charge in [0, 0.05) is 32.2 Å². The molecule has 18 heavy (non-hydrogen) atoms. The fourth-order valence-corrected chi connectivity index (χ4v) is 4.80. The second-order valence-electron chi connectivity index (χ2n) is 5.55. The summed E-state index contributed by atoms with van der Waals surface area (Å²) >= 11 is 0. The van der Waals surface area contributed by atoms with Gasteiger partial charge in [-0.15, -0.1) is 0 Å². The highest BCUT2D eigenvalue weighted by Crippen LogP contribution is 2.26. The molecular formula is C12H25N3O2S. The van der Waals surface area contributed by atoms with Gasteiger partial charge in [-0.25, -0.2) is 0 Å². The lowest BCUT2D eigenvalue weighted by Gasteiger charge is -2.34. The molecule has 2 aliphatic rings. The highest BCUT2D eigenvalue weighted by Gasteiger charge is 2.38. The lowest BCUT2D eigenvalue weighted by atomic mass is 10.0. The molecule has 1 unspecified atom stereocenters. The standard InChI is InChI=1S/C12H25N3O2S/c1-11-5-8-14(9-6-11)18(16,17)15-7-3-4-12(15)10-13-2/h11-13H,3-10H2,1-2H3. The largest absolute Gasteiger partial charge is 0.318 e. The molecule has 6 heteroatoms. The lowest BCUT2D eigenvalue weighted by Crippen LogP contribution is -2.50. The Morgan fingerprint density at radius 1 is 1.17 bits per heavy atom. The molecule has 1 N–H and O–H groups in total. The summed E-state index contributed by atoms with van der Waals surface area (Å²) in [6.45, 7) is 5.01. The Balaban J connectivity index is 2.05. The van der Waals surface area contributed by atoms with E-state index in [1.54, 1.807) is 8.61 Å². The average Bonchev–Trinajstić information content (AvgIpc) is 2.79. The van der Waals surface area contributed by atoms with Crippen molar-refractivity contribution in [2.75, 3.05) is 33.2 Å². The first-order valence-electron chi connectivity index (χ1n) is 6.97. The number of piperidine rings is 1. The van der Waals surface area contributed by atoms with Gasteiger partial charge in [0.25, 0.3) is 10.2 Å². The van der Waals surface area contributed by atoms with Crippen LogP contribution in [-0.4, -0.2) is 56.3 Å². The zero-order chi connectivity index (χ0) is 13.2. The molecule has 0 amide bonds. The SMILES string of the molecule is CNCC1CCCN1S(=O)(=O)N1CCC(C)CC1. The maximum absolute atomic E-state index is 12.6. The van der Waals surface area contributed by atoms with Crippen LogP contribution in [0.3, 0.4) is 0 Å². The second kappa shape index (κ2) is 5.86. The molecule has 2 rings (SSSR count). The molecule has 0 saturated carbocycles. The van der Waals surface area contributed by atoms with E-state index in [2.05, 4.69) is 12.2 Å². The molecule has 0 aromatic heterocycles. The molecule has 1 atom stereocenters. The minimum atomic E-state index is -3.23. The minimum absolute atomic E-state index is 0.138. The van der Waals surface area contributed by atoms with Gasteiger partial charge in [0.15, 0.2) is 0 Å². The van der Waals surface area contributed by atoms with Crippen LogP contribution in [0.5, 0.6) is 0 Å². The highest BCUT2D eigenvalue weighted by molar-refractivity contribution is 7.86. The Hall–Kier alpha value is -0.170. The van der Waals surface area contributed by atoms with Crippen LogP contribution in [0.15, 0.2) is 0 Å². The van der Waals surface area contributed by atoms with Crippen LogP contribution in [-0.2, 0) is 10.2 Å². The van der Waals surface area contributed by atoms with E-state index in [0.29, 0.717) is 25.6 Å². The summed E-state index contributed by atoms with van der Waals surface area (Å²) in [5, 5.41) is 3.10. The van der Waals surface area contributed by atoms with Crippen LogP contribution >= 0.6 is 0 Å². The quantitative estimate of drug-likeness (QED) is 0.819. The summed E-state index contributed by atoms with van der Waals surface area (Å²) in [5.74, 6) is 0.656. The van der Waals surface area contributed by atoms with E-state index in [0.717, 1.165) is 32.2 Å².